The molecule has 3 N–H and O–H groups in total. The van der Waals surface area contributed by atoms with E-state index in [2.05, 4.69) is 25.4 Å². The van der Waals surface area contributed by atoms with Gasteiger partial charge in [0.15, 0.2) is 23.1 Å². The van der Waals surface area contributed by atoms with E-state index in [1.165, 1.54) is 12.4 Å². The van der Waals surface area contributed by atoms with Crippen molar-refractivity contribution in [1.29, 1.82) is 0 Å². The summed E-state index contributed by atoms with van der Waals surface area (Å²) in [5.41, 5.74) is 8.47. The Kier molecular flexibility index (Phi) is 5.03. The molecule has 0 unspecified atom stereocenters. The van der Waals surface area contributed by atoms with Crippen molar-refractivity contribution in [3.63, 3.8) is 0 Å². The van der Waals surface area contributed by atoms with Crippen molar-refractivity contribution in [3.05, 3.63) is 66.3 Å². The molecule has 0 fully saturated rings. The van der Waals surface area contributed by atoms with Gasteiger partial charge in [-0.25, -0.2) is 28.2 Å². The van der Waals surface area contributed by atoms with Crippen LogP contribution in [-0.2, 0) is 0 Å². The summed E-state index contributed by atoms with van der Waals surface area (Å²) < 4.78 is 28.6. The molecule has 0 aliphatic carbocycles. The van der Waals surface area contributed by atoms with Gasteiger partial charge in [0.1, 0.15) is 12.1 Å². The van der Waals surface area contributed by atoms with Gasteiger partial charge in [-0.05, 0) is 30.2 Å². The average Bonchev–Trinajstić information content (AvgIpc) is 3.05. The van der Waals surface area contributed by atoms with Gasteiger partial charge >= 0.3 is 0 Å². The Hall–Kier alpha value is -3.62. The average molecular weight is 395 g/mol. The van der Waals surface area contributed by atoms with Crippen LogP contribution in [0.2, 0.25) is 0 Å². The lowest BCUT2D eigenvalue weighted by atomic mass is 10.0. The number of nitrogens with zero attached hydrogens (tertiary/aromatic N) is 5. The Morgan fingerprint density at radius 3 is 2.79 bits per heavy atom. The zero-order chi connectivity index (χ0) is 20.4. The van der Waals surface area contributed by atoms with E-state index in [-0.39, 0.29) is 6.04 Å². The minimum absolute atomic E-state index is 0.239. The number of halogens is 2. The highest BCUT2D eigenvalue weighted by Crippen LogP contribution is 2.30. The van der Waals surface area contributed by atoms with Gasteiger partial charge < -0.3 is 11.1 Å². The highest BCUT2D eigenvalue weighted by molar-refractivity contribution is 5.84. The maximum absolute atomic E-state index is 13.7. The lowest BCUT2D eigenvalue weighted by Gasteiger charge is -2.19. The first kappa shape index (κ1) is 18.7. The number of hydrogen-bond donors (Lipinski definition) is 2. The van der Waals surface area contributed by atoms with Crippen LogP contribution < -0.4 is 11.1 Å². The predicted molar refractivity (Wildman–Crippen MR) is 106 cm³/mol. The number of nitrogens with one attached hydrogen (secondary N) is 1. The third-order valence-corrected chi connectivity index (χ3v) is 4.59. The fourth-order valence-electron chi connectivity index (χ4n) is 3.24. The van der Waals surface area contributed by atoms with E-state index in [1.54, 1.807) is 35.1 Å². The van der Waals surface area contributed by atoms with Gasteiger partial charge in [0.2, 0.25) is 0 Å². The van der Waals surface area contributed by atoms with Gasteiger partial charge in [-0.1, -0.05) is 19.4 Å². The highest BCUT2D eigenvalue weighted by atomic mass is 19.2. The van der Waals surface area contributed by atoms with E-state index in [9.17, 15) is 8.78 Å². The molecule has 3 heterocycles. The second-order valence-corrected chi connectivity index (χ2v) is 6.60. The van der Waals surface area contributed by atoms with Crippen LogP contribution in [0.4, 0.5) is 20.4 Å². The number of anilines is 2. The number of nitrogen functional groups attached to an aromatic ring is 1. The number of rotatable bonds is 6. The third-order valence-electron chi connectivity index (χ3n) is 4.59. The molecule has 1 atom stereocenters. The first-order valence-electron chi connectivity index (χ1n) is 9.19. The van der Waals surface area contributed by atoms with Gasteiger partial charge in [-0.15, -0.1) is 5.10 Å². The molecule has 29 heavy (non-hydrogen) atoms. The molecule has 9 heteroatoms. The second-order valence-electron chi connectivity index (χ2n) is 6.60. The summed E-state index contributed by atoms with van der Waals surface area (Å²) in [5.74, 6) is -0.907. The summed E-state index contributed by atoms with van der Waals surface area (Å²) in [6, 6.07) is 7.17. The van der Waals surface area contributed by atoms with Gasteiger partial charge in [0.25, 0.3) is 0 Å². The van der Waals surface area contributed by atoms with Crippen LogP contribution in [0, 0.1) is 11.6 Å². The molecule has 0 aliphatic heterocycles. The van der Waals surface area contributed by atoms with Crippen molar-refractivity contribution >= 4 is 17.3 Å². The van der Waals surface area contributed by atoms with Crippen molar-refractivity contribution in [2.75, 3.05) is 11.1 Å². The van der Waals surface area contributed by atoms with Crippen molar-refractivity contribution < 1.29 is 8.78 Å². The van der Waals surface area contributed by atoms with E-state index >= 15 is 0 Å². The largest absolute Gasteiger partial charge is 0.382 e. The molecule has 3 aromatic heterocycles. The van der Waals surface area contributed by atoms with Crippen molar-refractivity contribution in [3.8, 4) is 11.3 Å². The minimum Gasteiger partial charge on any atom is -0.382 e. The first-order chi connectivity index (χ1) is 14.1. The molecule has 1 aromatic carbocycles. The molecule has 148 valence electrons. The number of nitrogens with two attached hydrogens (primary N) is 1. The second kappa shape index (κ2) is 7.78. The smallest absolute Gasteiger partial charge is 0.166 e. The molecule has 0 aliphatic rings. The SMILES string of the molecule is CCC[C@H](Nc1cc(-c2c(N)nn3cccnc23)ncn1)c1ccc(F)c(F)c1. The van der Waals surface area contributed by atoms with E-state index < -0.39 is 11.6 Å². The molecule has 4 aromatic rings. The summed E-state index contributed by atoms with van der Waals surface area (Å²) in [5, 5.41) is 7.53. The minimum atomic E-state index is -0.876. The van der Waals surface area contributed by atoms with Crippen molar-refractivity contribution in [2.45, 2.75) is 25.8 Å². The van der Waals surface area contributed by atoms with Crippen LogP contribution in [0.25, 0.3) is 16.9 Å². The summed E-state index contributed by atoms with van der Waals surface area (Å²) in [7, 11) is 0. The van der Waals surface area contributed by atoms with Crippen LogP contribution in [0.15, 0.2) is 49.1 Å². The number of fused-ring (bicyclic) bond motifs is 1. The van der Waals surface area contributed by atoms with E-state index in [4.69, 9.17) is 5.73 Å². The molecule has 0 bridgehead atoms. The summed E-state index contributed by atoms with van der Waals surface area (Å²) >= 11 is 0. The Balaban J connectivity index is 1.68. The lowest BCUT2D eigenvalue weighted by Crippen LogP contribution is -2.12. The Morgan fingerprint density at radius 1 is 1.14 bits per heavy atom. The first-order valence-corrected chi connectivity index (χ1v) is 9.19. The van der Waals surface area contributed by atoms with Crippen LogP contribution in [0.1, 0.15) is 31.4 Å². The number of aromatic nitrogens is 5. The van der Waals surface area contributed by atoms with Crippen molar-refractivity contribution in [2.24, 2.45) is 0 Å². The van der Waals surface area contributed by atoms with Crippen molar-refractivity contribution in [1.82, 2.24) is 24.6 Å². The molecular weight excluding hydrogens is 376 g/mol. The third kappa shape index (κ3) is 3.71. The maximum atomic E-state index is 13.7. The Bertz CT molecular complexity index is 1160. The molecule has 0 saturated heterocycles. The van der Waals surface area contributed by atoms with Gasteiger partial charge in [0.05, 0.1) is 17.3 Å². The summed E-state index contributed by atoms with van der Waals surface area (Å²) in [6.07, 6.45) is 6.38. The van der Waals surface area contributed by atoms with E-state index in [0.717, 1.165) is 12.5 Å². The van der Waals surface area contributed by atoms with E-state index in [0.29, 0.717) is 40.5 Å². The quantitative estimate of drug-likeness (QED) is 0.512. The Labute approximate surface area is 165 Å². The van der Waals surface area contributed by atoms with Crippen LogP contribution in [-0.4, -0.2) is 24.6 Å². The summed E-state index contributed by atoms with van der Waals surface area (Å²) in [6.45, 7) is 2.02. The topological polar surface area (TPSA) is 94.0 Å². The maximum Gasteiger partial charge on any atom is 0.166 e. The Morgan fingerprint density at radius 2 is 2.00 bits per heavy atom. The molecule has 0 saturated carbocycles. The standard InChI is InChI=1S/C20H19F2N7/c1-2-4-15(12-5-6-13(21)14(22)9-12)27-17-10-16(25-11-26-17)18-19(23)28-29-8-3-7-24-20(18)29/h3,5-11,15H,2,4H2,1H3,(H2,23,28)(H,25,26,27)/t15-/m0/s1. The molecule has 4 rings (SSSR count). The zero-order valence-electron chi connectivity index (χ0n) is 15.7. The normalized spacial score (nSPS) is 12.2. The molecule has 0 spiro atoms. The van der Waals surface area contributed by atoms with E-state index in [1.807, 2.05) is 6.92 Å². The number of benzene rings is 1. The zero-order valence-corrected chi connectivity index (χ0v) is 15.7. The van der Waals surface area contributed by atoms with Crippen LogP contribution in [0.3, 0.4) is 0 Å². The highest BCUT2D eigenvalue weighted by Gasteiger charge is 2.17. The van der Waals surface area contributed by atoms with Gasteiger partial charge in [-0.3, -0.25) is 0 Å². The molecule has 7 nitrogen and oxygen atoms in total. The molecule has 0 amide bonds. The molecule has 0 radical (unpaired) electrons. The number of hydrogen-bond acceptors (Lipinski definition) is 6. The van der Waals surface area contributed by atoms with Crippen LogP contribution >= 0.6 is 0 Å². The monoisotopic (exact) mass is 395 g/mol. The van der Waals surface area contributed by atoms with Crippen LogP contribution in [0.5, 0.6) is 0 Å². The molecular formula is C20H19F2N7. The fraction of sp³-hybridized carbons (Fsp3) is 0.200. The van der Waals surface area contributed by atoms with Gasteiger partial charge in [-0.2, -0.15) is 0 Å². The lowest BCUT2D eigenvalue weighted by molar-refractivity contribution is 0.505. The van der Waals surface area contributed by atoms with Gasteiger partial charge in [0, 0.05) is 18.5 Å². The summed E-state index contributed by atoms with van der Waals surface area (Å²) in [4.78, 5) is 12.9. The predicted octanol–water partition coefficient (Wildman–Crippen LogP) is 4.00. The fourth-order valence-corrected chi connectivity index (χ4v) is 3.24.